The first-order valence-corrected chi connectivity index (χ1v) is 8.83. The lowest BCUT2D eigenvalue weighted by atomic mass is 9.76. The summed E-state index contributed by atoms with van der Waals surface area (Å²) in [5.41, 5.74) is 4.20. The number of carbonyl (C=O) groups is 1. The molecule has 0 saturated carbocycles. The molecule has 1 aliphatic carbocycles. The van der Waals surface area contributed by atoms with Crippen molar-refractivity contribution in [3.63, 3.8) is 0 Å². The molecule has 1 N–H and O–H groups in total. The van der Waals surface area contributed by atoms with Crippen molar-refractivity contribution < 1.29 is 4.79 Å². The van der Waals surface area contributed by atoms with Gasteiger partial charge in [-0.3, -0.25) is 4.79 Å². The molecule has 3 atom stereocenters. The summed E-state index contributed by atoms with van der Waals surface area (Å²) in [7, 11) is 0. The first-order chi connectivity index (χ1) is 11.5. The summed E-state index contributed by atoms with van der Waals surface area (Å²) in [4.78, 5) is 11.7. The summed E-state index contributed by atoms with van der Waals surface area (Å²) >= 11 is 12.3. The molecule has 2 aromatic rings. The highest BCUT2D eigenvalue weighted by molar-refractivity contribution is 6.42. The number of halogens is 2. The molecule has 0 radical (unpaired) electrons. The van der Waals surface area contributed by atoms with Crippen LogP contribution >= 0.6 is 23.2 Å². The summed E-state index contributed by atoms with van der Waals surface area (Å²) in [6, 6.07) is 11.9. The molecule has 1 aliphatic heterocycles. The van der Waals surface area contributed by atoms with Crippen molar-refractivity contribution in [3.05, 3.63) is 75.3 Å². The topological polar surface area (TPSA) is 29.1 Å². The molecule has 2 unspecified atom stereocenters. The molecular weight excluding hydrogens is 341 g/mol. The Bertz CT molecular complexity index is 859. The molecule has 2 nitrogen and oxygen atoms in total. The molecule has 0 spiro atoms. The van der Waals surface area contributed by atoms with Crippen molar-refractivity contribution in [2.75, 3.05) is 5.32 Å². The van der Waals surface area contributed by atoms with Gasteiger partial charge in [0.15, 0.2) is 5.78 Å². The number of hydrogen-bond acceptors (Lipinski definition) is 2. The molecule has 4 rings (SSSR count). The van der Waals surface area contributed by atoms with Crippen LogP contribution < -0.4 is 5.32 Å². The zero-order chi connectivity index (χ0) is 16.8. The van der Waals surface area contributed by atoms with Gasteiger partial charge in [-0.15, -0.1) is 0 Å². The van der Waals surface area contributed by atoms with Gasteiger partial charge in [0.1, 0.15) is 0 Å². The summed E-state index contributed by atoms with van der Waals surface area (Å²) in [5.74, 6) is 0.833. The lowest BCUT2D eigenvalue weighted by Gasteiger charge is -2.37. The van der Waals surface area contributed by atoms with Crippen LogP contribution in [0.1, 0.15) is 46.8 Å². The van der Waals surface area contributed by atoms with E-state index in [2.05, 4.69) is 17.5 Å². The first-order valence-electron chi connectivity index (χ1n) is 8.07. The summed E-state index contributed by atoms with van der Waals surface area (Å²) in [6.45, 7) is 1.61. The third-order valence-electron chi connectivity index (χ3n) is 5.07. The Morgan fingerprint density at radius 3 is 2.71 bits per heavy atom. The Balaban J connectivity index is 1.78. The van der Waals surface area contributed by atoms with Gasteiger partial charge >= 0.3 is 0 Å². The van der Waals surface area contributed by atoms with Gasteiger partial charge in [0.25, 0.3) is 0 Å². The Morgan fingerprint density at radius 2 is 1.96 bits per heavy atom. The van der Waals surface area contributed by atoms with Crippen molar-refractivity contribution in [2.24, 2.45) is 5.92 Å². The molecule has 0 amide bonds. The van der Waals surface area contributed by atoms with E-state index in [0.717, 1.165) is 23.2 Å². The van der Waals surface area contributed by atoms with Gasteiger partial charge in [0, 0.05) is 17.2 Å². The minimum Gasteiger partial charge on any atom is -0.378 e. The van der Waals surface area contributed by atoms with Crippen LogP contribution in [0.3, 0.4) is 0 Å². The number of hydrogen-bond donors (Lipinski definition) is 1. The van der Waals surface area contributed by atoms with Gasteiger partial charge in [-0.2, -0.15) is 0 Å². The lowest BCUT2D eigenvalue weighted by molar-refractivity contribution is 0.101. The normalized spacial score (nSPS) is 24.2. The van der Waals surface area contributed by atoms with Gasteiger partial charge < -0.3 is 5.32 Å². The fourth-order valence-electron chi connectivity index (χ4n) is 3.85. The number of rotatable bonds is 2. The van der Waals surface area contributed by atoms with E-state index in [4.69, 9.17) is 23.2 Å². The summed E-state index contributed by atoms with van der Waals surface area (Å²) < 4.78 is 0. The molecule has 2 aliphatic rings. The van der Waals surface area contributed by atoms with Crippen molar-refractivity contribution in [1.82, 2.24) is 0 Å². The van der Waals surface area contributed by atoms with Crippen LogP contribution in [0.2, 0.25) is 10.0 Å². The van der Waals surface area contributed by atoms with E-state index in [9.17, 15) is 4.79 Å². The zero-order valence-corrected chi connectivity index (χ0v) is 14.7. The van der Waals surface area contributed by atoms with Crippen LogP contribution in [0, 0.1) is 5.92 Å². The van der Waals surface area contributed by atoms with Crippen molar-refractivity contribution >= 4 is 34.7 Å². The Kier molecular flexibility index (Phi) is 3.90. The van der Waals surface area contributed by atoms with Crippen molar-refractivity contribution in [1.29, 1.82) is 0 Å². The van der Waals surface area contributed by atoms with Gasteiger partial charge in [0.2, 0.25) is 0 Å². The Morgan fingerprint density at radius 1 is 1.12 bits per heavy atom. The van der Waals surface area contributed by atoms with E-state index >= 15 is 0 Å². The Hall–Kier alpha value is -1.77. The fraction of sp³-hybridized carbons (Fsp3) is 0.250. The molecule has 24 heavy (non-hydrogen) atoms. The van der Waals surface area contributed by atoms with E-state index in [1.807, 2.05) is 36.4 Å². The second kappa shape index (κ2) is 5.94. The quantitative estimate of drug-likeness (QED) is 0.525. The van der Waals surface area contributed by atoms with Crippen LogP contribution in [-0.2, 0) is 0 Å². The van der Waals surface area contributed by atoms with E-state index < -0.39 is 0 Å². The molecule has 0 fully saturated rings. The maximum atomic E-state index is 11.7. The molecule has 4 heteroatoms. The molecule has 0 saturated heterocycles. The second-order valence-electron chi connectivity index (χ2n) is 6.51. The third kappa shape index (κ3) is 2.54. The SMILES string of the molecule is CC(=O)c1ccc2c(c1)C1C=CCC1[C@@H](c1ccc(Cl)c(Cl)c1)N2. The maximum Gasteiger partial charge on any atom is 0.159 e. The van der Waals surface area contributed by atoms with E-state index in [0.29, 0.717) is 21.9 Å². The van der Waals surface area contributed by atoms with Crippen molar-refractivity contribution in [2.45, 2.75) is 25.3 Å². The average molecular weight is 358 g/mol. The highest BCUT2D eigenvalue weighted by Crippen LogP contribution is 2.50. The molecule has 0 bridgehead atoms. The van der Waals surface area contributed by atoms with Crippen LogP contribution in [0.25, 0.3) is 0 Å². The number of anilines is 1. The molecule has 2 aromatic carbocycles. The number of ketones is 1. The lowest BCUT2D eigenvalue weighted by Crippen LogP contribution is -2.29. The highest BCUT2D eigenvalue weighted by Gasteiger charge is 2.38. The van der Waals surface area contributed by atoms with Crippen LogP contribution in [0.5, 0.6) is 0 Å². The number of nitrogens with one attached hydrogen (secondary N) is 1. The van der Waals surface area contributed by atoms with Gasteiger partial charge in [0.05, 0.1) is 16.1 Å². The number of benzene rings is 2. The van der Waals surface area contributed by atoms with Crippen LogP contribution in [0.15, 0.2) is 48.6 Å². The molecule has 0 aromatic heterocycles. The monoisotopic (exact) mass is 357 g/mol. The second-order valence-corrected chi connectivity index (χ2v) is 7.32. The molecular formula is C20H17Cl2NO. The van der Waals surface area contributed by atoms with Crippen molar-refractivity contribution in [3.8, 4) is 0 Å². The van der Waals surface area contributed by atoms with E-state index in [1.54, 1.807) is 6.92 Å². The Labute approximate surface area is 151 Å². The molecule has 122 valence electrons. The minimum atomic E-state index is 0.0999. The third-order valence-corrected chi connectivity index (χ3v) is 5.81. The number of fused-ring (bicyclic) bond motifs is 3. The van der Waals surface area contributed by atoms with Crippen LogP contribution in [0.4, 0.5) is 5.69 Å². The number of carbonyl (C=O) groups excluding carboxylic acids is 1. The van der Waals surface area contributed by atoms with Gasteiger partial charge in [-0.1, -0.05) is 41.4 Å². The maximum absolute atomic E-state index is 11.7. The number of Topliss-reactive ketones (excluding diaryl/α,β-unsaturated/α-hetero) is 1. The summed E-state index contributed by atoms with van der Waals surface area (Å²) in [6.07, 6.45) is 5.50. The standard InChI is InChI=1S/C20H17Cl2NO/c1-11(24)12-6-8-19-16(9-12)14-3-2-4-15(14)20(23-19)13-5-7-17(21)18(22)10-13/h2-3,5-10,14-15,20,23H,4H2,1H3/t14?,15?,20-/m1/s1. The predicted molar refractivity (Wildman–Crippen MR) is 99.3 cm³/mol. The zero-order valence-electron chi connectivity index (χ0n) is 13.2. The largest absolute Gasteiger partial charge is 0.378 e. The highest BCUT2D eigenvalue weighted by atomic mass is 35.5. The number of allylic oxidation sites excluding steroid dienone is 2. The fourth-order valence-corrected chi connectivity index (χ4v) is 4.16. The summed E-state index contributed by atoms with van der Waals surface area (Å²) in [5, 5.41) is 4.80. The molecule has 1 heterocycles. The van der Waals surface area contributed by atoms with Gasteiger partial charge in [-0.25, -0.2) is 0 Å². The van der Waals surface area contributed by atoms with E-state index in [-0.39, 0.29) is 11.8 Å². The first kappa shape index (κ1) is 15.7. The minimum absolute atomic E-state index is 0.0999. The average Bonchev–Trinajstić information content (AvgIpc) is 3.06. The smallest absolute Gasteiger partial charge is 0.159 e. The van der Waals surface area contributed by atoms with Gasteiger partial charge in [-0.05, 0) is 60.7 Å². The predicted octanol–water partition coefficient (Wildman–Crippen LogP) is 6.02. The van der Waals surface area contributed by atoms with E-state index in [1.165, 1.54) is 5.56 Å². The van der Waals surface area contributed by atoms with Crippen LogP contribution in [-0.4, -0.2) is 5.78 Å².